The third kappa shape index (κ3) is 1.54. The summed E-state index contributed by atoms with van der Waals surface area (Å²) < 4.78 is 2.33. The molecule has 0 amide bonds. The predicted octanol–water partition coefficient (Wildman–Crippen LogP) is 3.37. The number of fused-ring (bicyclic) bond motifs is 1. The lowest BCUT2D eigenvalue weighted by atomic mass is 10.1. The number of imidazole rings is 1. The van der Waals surface area contributed by atoms with Crippen molar-refractivity contribution in [2.45, 2.75) is 40.7 Å². The first-order valence-electron chi connectivity index (χ1n) is 5.58. The summed E-state index contributed by atoms with van der Waals surface area (Å²) in [6, 6.07) is 4.34. The molecule has 2 aromatic rings. The number of rotatable bonds is 2. The van der Waals surface area contributed by atoms with Crippen LogP contribution in [0.1, 0.15) is 30.3 Å². The Balaban J connectivity index is 2.79. The molecule has 0 fully saturated rings. The molecular formula is C13H18N2. The average molecular weight is 202 g/mol. The molecule has 0 N–H and O–H groups in total. The molecular weight excluding hydrogens is 184 g/mol. The van der Waals surface area contributed by atoms with E-state index in [9.17, 15) is 0 Å². The fourth-order valence-electron chi connectivity index (χ4n) is 2.14. The van der Waals surface area contributed by atoms with Crippen LogP contribution < -0.4 is 0 Å². The van der Waals surface area contributed by atoms with E-state index in [1.807, 2.05) is 0 Å². The lowest BCUT2D eigenvalue weighted by Gasteiger charge is -2.07. The van der Waals surface area contributed by atoms with E-state index in [0.717, 1.165) is 18.8 Å². The topological polar surface area (TPSA) is 17.8 Å². The molecule has 0 radical (unpaired) electrons. The minimum Gasteiger partial charge on any atom is -0.328 e. The number of hydrogen-bond acceptors (Lipinski definition) is 1. The van der Waals surface area contributed by atoms with Crippen molar-refractivity contribution in [2.24, 2.45) is 0 Å². The second-order valence-corrected chi connectivity index (χ2v) is 4.21. The van der Waals surface area contributed by atoms with E-state index in [0.29, 0.717) is 0 Å². The van der Waals surface area contributed by atoms with Crippen LogP contribution in [0.4, 0.5) is 0 Å². The van der Waals surface area contributed by atoms with Gasteiger partial charge >= 0.3 is 0 Å². The SMILES string of the molecule is CCCn1c(C)nc2c(C)ccc(C)c21. The molecule has 0 bridgehead atoms. The zero-order valence-corrected chi connectivity index (χ0v) is 9.96. The smallest absolute Gasteiger partial charge is 0.106 e. The van der Waals surface area contributed by atoms with Crippen LogP contribution in [0.3, 0.4) is 0 Å². The molecule has 1 aromatic heterocycles. The summed E-state index contributed by atoms with van der Waals surface area (Å²) in [5.41, 5.74) is 5.08. The molecule has 1 aromatic carbocycles. The molecule has 1 heterocycles. The highest BCUT2D eigenvalue weighted by Crippen LogP contribution is 2.23. The Morgan fingerprint density at radius 1 is 1.13 bits per heavy atom. The summed E-state index contributed by atoms with van der Waals surface area (Å²) in [5.74, 6) is 1.13. The van der Waals surface area contributed by atoms with Crippen molar-refractivity contribution in [1.29, 1.82) is 0 Å². The van der Waals surface area contributed by atoms with Crippen molar-refractivity contribution >= 4 is 11.0 Å². The van der Waals surface area contributed by atoms with Gasteiger partial charge in [-0.3, -0.25) is 0 Å². The fourth-order valence-corrected chi connectivity index (χ4v) is 2.14. The minimum absolute atomic E-state index is 1.06. The van der Waals surface area contributed by atoms with E-state index in [-0.39, 0.29) is 0 Å². The normalized spacial score (nSPS) is 11.2. The molecule has 0 atom stereocenters. The van der Waals surface area contributed by atoms with Crippen molar-refractivity contribution in [3.8, 4) is 0 Å². The highest BCUT2D eigenvalue weighted by Gasteiger charge is 2.10. The van der Waals surface area contributed by atoms with Crippen molar-refractivity contribution in [3.05, 3.63) is 29.1 Å². The molecule has 0 saturated heterocycles. The maximum absolute atomic E-state index is 4.66. The van der Waals surface area contributed by atoms with Gasteiger partial charge in [0.2, 0.25) is 0 Å². The van der Waals surface area contributed by atoms with Crippen LogP contribution >= 0.6 is 0 Å². The summed E-state index contributed by atoms with van der Waals surface area (Å²) in [5, 5.41) is 0. The molecule has 15 heavy (non-hydrogen) atoms. The number of benzene rings is 1. The molecule has 0 aliphatic rings. The van der Waals surface area contributed by atoms with E-state index < -0.39 is 0 Å². The van der Waals surface area contributed by atoms with Gasteiger partial charge in [-0.15, -0.1) is 0 Å². The van der Waals surface area contributed by atoms with E-state index in [4.69, 9.17) is 0 Å². The van der Waals surface area contributed by atoms with Crippen LogP contribution in [-0.2, 0) is 6.54 Å². The van der Waals surface area contributed by atoms with E-state index in [1.165, 1.54) is 22.2 Å². The second-order valence-electron chi connectivity index (χ2n) is 4.21. The zero-order valence-electron chi connectivity index (χ0n) is 9.96. The lowest BCUT2D eigenvalue weighted by molar-refractivity contribution is 0.675. The Morgan fingerprint density at radius 3 is 2.47 bits per heavy atom. The van der Waals surface area contributed by atoms with Crippen molar-refractivity contribution < 1.29 is 0 Å². The Hall–Kier alpha value is -1.31. The highest BCUT2D eigenvalue weighted by atomic mass is 15.1. The van der Waals surface area contributed by atoms with Crippen LogP contribution in [0.2, 0.25) is 0 Å². The average Bonchev–Trinajstić information content (AvgIpc) is 2.53. The van der Waals surface area contributed by atoms with Gasteiger partial charge in [0.15, 0.2) is 0 Å². The van der Waals surface area contributed by atoms with E-state index in [2.05, 4.69) is 49.4 Å². The summed E-state index contributed by atoms with van der Waals surface area (Å²) in [7, 11) is 0. The third-order valence-corrected chi connectivity index (χ3v) is 2.94. The second kappa shape index (κ2) is 3.69. The standard InChI is InChI=1S/C13H18N2/c1-5-8-15-11(4)14-12-9(2)6-7-10(3)13(12)15/h6-7H,5,8H2,1-4H3. The quantitative estimate of drug-likeness (QED) is 0.730. The number of hydrogen-bond donors (Lipinski definition) is 0. The highest BCUT2D eigenvalue weighted by molar-refractivity contribution is 5.82. The molecule has 0 aliphatic heterocycles. The first-order chi connectivity index (χ1) is 7.15. The van der Waals surface area contributed by atoms with Crippen molar-refractivity contribution in [3.63, 3.8) is 0 Å². The minimum atomic E-state index is 1.06. The van der Waals surface area contributed by atoms with Gasteiger partial charge in [0.25, 0.3) is 0 Å². The van der Waals surface area contributed by atoms with Gasteiger partial charge in [-0.1, -0.05) is 19.1 Å². The molecule has 2 nitrogen and oxygen atoms in total. The first-order valence-corrected chi connectivity index (χ1v) is 5.58. The number of aryl methyl sites for hydroxylation is 4. The van der Waals surface area contributed by atoms with Crippen molar-refractivity contribution in [1.82, 2.24) is 9.55 Å². The zero-order chi connectivity index (χ0) is 11.0. The summed E-state index contributed by atoms with van der Waals surface area (Å²) in [6.45, 7) is 9.65. The maximum atomic E-state index is 4.66. The van der Waals surface area contributed by atoms with Gasteiger partial charge in [-0.05, 0) is 38.3 Å². The molecule has 2 rings (SSSR count). The first kappa shape index (κ1) is 10.2. The van der Waals surface area contributed by atoms with Crippen LogP contribution in [0, 0.1) is 20.8 Å². The Bertz CT molecular complexity index is 495. The summed E-state index contributed by atoms with van der Waals surface area (Å²) in [4.78, 5) is 4.66. The summed E-state index contributed by atoms with van der Waals surface area (Å²) in [6.07, 6.45) is 1.15. The van der Waals surface area contributed by atoms with E-state index >= 15 is 0 Å². The number of aromatic nitrogens is 2. The van der Waals surface area contributed by atoms with Gasteiger partial charge in [0.05, 0.1) is 11.0 Å². The Kier molecular flexibility index (Phi) is 2.51. The van der Waals surface area contributed by atoms with Gasteiger partial charge in [0.1, 0.15) is 5.82 Å². The molecule has 2 heteroatoms. The third-order valence-electron chi connectivity index (χ3n) is 2.94. The van der Waals surface area contributed by atoms with Gasteiger partial charge in [-0.2, -0.15) is 0 Å². The van der Waals surface area contributed by atoms with Crippen LogP contribution in [0.25, 0.3) is 11.0 Å². The van der Waals surface area contributed by atoms with Gasteiger partial charge in [0, 0.05) is 6.54 Å². The van der Waals surface area contributed by atoms with Crippen LogP contribution in [-0.4, -0.2) is 9.55 Å². The molecule has 0 aliphatic carbocycles. The fraction of sp³-hybridized carbons (Fsp3) is 0.462. The Labute approximate surface area is 90.9 Å². The van der Waals surface area contributed by atoms with Gasteiger partial charge < -0.3 is 4.57 Å². The number of nitrogens with zero attached hydrogens (tertiary/aromatic N) is 2. The molecule has 0 saturated carbocycles. The van der Waals surface area contributed by atoms with E-state index in [1.54, 1.807) is 0 Å². The Morgan fingerprint density at radius 2 is 1.80 bits per heavy atom. The maximum Gasteiger partial charge on any atom is 0.106 e. The lowest BCUT2D eigenvalue weighted by Crippen LogP contribution is -2.00. The molecule has 80 valence electrons. The van der Waals surface area contributed by atoms with Gasteiger partial charge in [-0.25, -0.2) is 4.98 Å². The molecule has 0 spiro atoms. The summed E-state index contributed by atoms with van der Waals surface area (Å²) >= 11 is 0. The van der Waals surface area contributed by atoms with Crippen LogP contribution in [0.15, 0.2) is 12.1 Å². The van der Waals surface area contributed by atoms with Crippen LogP contribution in [0.5, 0.6) is 0 Å². The predicted molar refractivity (Wildman–Crippen MR) is 64.2 cm³/mol. The van der Waals surface area contributed by atoms with Crippen molar-refractivity contribution in [2.75, 3.05) is 0 Å². The largest absolute Gasteiger partial charge is 0.328 e. The monoisotopic (exact) mass is 202 g/mol. The molecule has 0 unspecified atom stereocenters.